The molecule has 0 spiro atoms. The zero-order valence-electron chi connectivity index (χ0n) is 16.0. The standard InChI is InChI=1S/C21H26N4O2/c1-21(2,27-3)10-8-19-17(16-6-4-5-7-18(16)25-19)12-20(26)23-11-9-15-13-22-14-24-15/h4-8,10,13-14,25H,9,11-12H2,1-3H3,(H,22,24)(H,23,26)/b10-8+. The third-order valence-electron chi connectivity index (χ3n) is 4.63. The van der Waals surface area contributed by atoms with Gasteiger partial charge in [0.05, 0.1) is 18.3 Å². The summed E-state index contributed by atoms with van der Waals surface area (Å²) in [5.74, 6) is -0.0000740. The molecule has 3 aromatic rings. The van der Waals surface area contributed by atoms with E-state index in [2.05, 4.69) is 20.3 Å². The molecule has 0 radical (unpaired) electrons. The lowest BCUT2D eigenvalue weighted by molar-refractivity contribution is -0.120. The number of amides is 1. The molecular formula is C21H26N4O2. The van der Waals surface area contributed by atoms with E-state index in [-0.39, 0.29) is 11.5 Å². The smallest absolute Gasteiger partial charge is 0.224 e. The normalized spacial score (nSPS) is 12.1. The van der Waals surface area contributed by atoms with Gasteiger partial charge in [0, 0.05) is 48.6 Å². The molecule has 6 heteroatoms. The first-order valence-corrected chi connectivity index (χ1v) is 9.06. The fourth-order valence-electron chi connectivity index (χ4n) is 2.89. The van der Waals surface area contributed by atoms with E-state index >= 15 is 0 Å². The van der Waals surface area contributed by atoms with E-state index in [4.69, 9.17) is 4.74 Å². The summed E-state index contributed by atoms with van der Waals surface area (Å²) in [6.45, 7) is 4.56. The van der Waals surface area contributed by atoms with E-state index in [1.54, 1.807) is 19.6 Å². The Morgan fingerprint density at radius 1 is 1.33 bits per heavy atom. The van der Waals surface area contributed by atoms with E-state index in [0.717, 1.165) is 34.3 Å². The monoisotopic (exact) mass is 366 g/mol. The van der Waals surface area contributed by atoms with Crippen molar-refractivity contribution in [1.29, 1.82) is 0 Å². The van der Waals surface area contributed by atoms with Gasteiger partial charge >= 0.3 is 0 Å². The van der Waals surface area contributed by atoms with Crippen molar-refractivity contribution >= 4 is 22.9 Å². The number of carbonyl (C=O) groups excluding carboxylic acids is 1. The van der Waals surface area contributed by atoms with Gasteiger partial charge in [0.15, 0.2) is 0 Å². The Morgan fingerprint density at radius 2 is 2.15 bits per heavy atom. The fraction of sp³-hybridized carbons (Fsp3) is 0.333. The number of H-pyrrole nitrogens is 2. The van der Waals surface area contributed by atoms with Crippen LogP contribution < -0.4 is 5.32 Å². The molecule has 0 aliphatic carbocycles. The molecule has 142 valence electrons. The summed E-state index contributed by atoms with van der Waals surface area (Å²) >= 11 is 0. The van der Waals surface area contributed by atoms with Gasteiger partial charge in [-0.15, -0.1) is 0 Å². The Balaban J connectivity index is 1.75. The fourth-order valence-corrected chi connectivity index (χ4v) is 2.89. The summed E-state index contributed by atoms with van der Waals surface area (Å²) in [7, 11) is 1.68. The van der Waals surface area contributed by atoms with E-state index in [1.807, 2.05) is 50.3 Å². The molecule has 0 bridgehead atoms. The van der Waals surface area contributed by atoms with Crippen LogP contribution in [0.4, 0.5) is 0 Å². The van der Waals surface area contributed by atoms with Gasteiger partial charge in [-0.2, -0.15) is 0 Å². The van der Waals surface area contributed by atoms with Crippen LogP contribution in [-0.2, 0) is 22.4 Å². The van der Waals surface area contributed by atoms with Gasteiger partial charge in [-0.05, 0) is 31.6 Å². The first-order chi connectivity index (χ1) is 13.0. The van der Waals surface area contributed by atoms with Crippen molar-refractivity contribution in [3.8, 4) is 0 Å². The molecule has 27 heavy (non-hydrogen) atoms. The Bertz CT molecular complexity index is 923. The topological polar surface area (TPSA) is 82.8 Å². The average Bonchev–Trinajstić information content (AvgIpc) is 3.29. The van der Waals surface area contributed by atoms with E-state index < -0.39 is 0 Å². The lowest BCUT2D eigenvalue weighted by Crippen LogP contribution is -2.27. The van der Waals surface area contributed by atoms with Crippen LogP contribution in [0.5, 0.6) is 0 Å². The molecule has 0 aliphatic rings. The van der Waals surface area contributed by atoms with Crippen LogP contribution in [0, 0.1) is 0 Å². The molecule has 0 unspecified atom stereocenters. The van der Waals surface area contributed by atoms with Crippen LogP contribution in [0.15, 0.2) is 42.9 Å². The van der Waals surface area contributed by atoms with Crippen LogP contribution in [0.25, 0.3) is 17.0 Å². The molecule has 0 saturated carbocycles. The number of benzene rings is 1. The van der Waals surface area contributed by atoms with E-state index in [9.17, 15) is 4.79 Å². The summed E-state index contributed by atoms with van der Waals surface area (Å²) in [6, 6.07) is 8.04. The number of aromatic nitrogens is 3. The lowest BCUT2D eigenvalue weighted by Gasteiger charge is -2.17. The van der Waals surface area contributed by atoms with Crippen LogP contribution in [0.1, 0.15) is 30.8 Å². The molecule has 1 aromatic carbocycles. The van der Waals surface area contributed by atoms with E-state index in [1.165, 1.54) is 0 Å². The van der Waals surface area contributed by atoms with Crippen molar-refractivity contribution in [3.63, 3.8) is 0 Å². The van der Waals surface area contributed by atoms with Crippen molar-refractivity contribution < 1.29 is 9.53 Å². The molecule has 0 atom stereocenters. The maximum absolute atomic E-state index is 12.5. The Kier molecular flexibility index (Phi) is 5.76. The third-order valence-corrected chi connectivity index (χ3v) is 4.63. The number of fused-ring (bicyclic) bond motifs is 1. The number of para-hydroxylation sites is 1. The van der Waals surface area contributed by atoms with Crippen LogP contribution >= 0.6 is 0 Å². The minimum absolute atomic E-state index is 0.0000740. The van der Waals surface area contributed by atoms with Gasteiger partial charge < -0.3 is 20.0 Å². The second kappa shape index (κ2) is 8.22. The van der Waals surface area contributed by atoms with Gasteiger partial charge in [0.2, 0.25) is 5.91 Å². The number of nitrogens with zero attached hydrogens (tertiary/aromatic N) is 1. The van der Waals surface area contributed by atoms with Crippen molar-refractivity contribution in [1.82, 2.24) is 20.3 Å². The number of hydrogen-bond acceptors (Lipinski definition) is 3. The summed E-state index contributed by atoms with van der Waals surface area (Å²) in [4.78, 5) is 22.9. The first-order valence-electron chi connectivity index (χ1n) is 9.06. The second-order valence-electron chi connectivity index (χ2n) is 7.06. The highest BCUT2D eigenvalue weighted by molar-refractivity contribution is 5.92. The molecule has 3 rings (SSSR count). The number of carbonyl (C=O) groups is 1. The molecular weight excluding hydrogens is 340 g/mol. The quantitative estimate of drug-likeness (QED) is 0.572. The third kappa shape index (κ3) is 4.86. The predicted octanol–water partition coefficient (Wildman–Crippen LogP) is 3.23. The number of ether oxygens (including phenoxy) is 1. The number of imidazole rings is 1. The van der Waals surface area contributed by atoms with Gasteiger partial charge in [0.25, 0.3) is 0 Å². The van der Waals surface area contributed by atoms with Gasteiger partial charge in [-0.1, -0.05) is 24.3 Å². The molecule has 2 aromatic heterocycles. The molecule has 1 amide bonds. The molecule has 0 saturated heterocycles. The number of methoxy groups -OCH3 is 1. The summed E-state index contributed by atoms with van der Waals surface area (Å²) in [5, 5.41) is 4.05. The highest BCUT2D eigenvalue weighted by atomic mass is 16.5. The highest BCUT2D eigenvalue weighted by Crippen LogP contribution is 2.25. The molecule has 0 fully saturated rings. The predicted molar refractivity (Wildman–Crippen MR) is 107 cm³/mol. The van der Waals surface area contributed by atoms with Crippen molar-refractivity contribution in [3.05, 3.63) is 59.8 Å². The number of hydrogen-bond donors (Lipinski definition) is 3. The van der Waals surface area contributed by atoms with Gasteiger partial charge in [-0.3, -0.25) is 4.79 Å². The number of aromatic amines is 2. The second-order valence-corrected chi connectivity index (χ2v) is 7.06. The molecule has 3 N–H and O–H groups in total. The highest BCUT2D eigenvalue weighted by Gasteiger charge is 2.15. The van der Waals surface area contributed by atoms with Crippen molar-refractivity contribution in [2.45, 2.75) is 32.3 Å². The maximum Gasteiger partial charge on any atom is 0.224 e. The Hall–Kier alpha value is -2.86. The summed E-state index contributed by atoms with van der Waals surface area (Å²) < 4.78 is 5.45. The lowest BCUT2D eigenvalue weighted by atomic mass is 10.0. The van der Waals surface area contributed by atoms with Crippen LogP contribution in [0.3, 0.4) is 0 Å². The number of nitrogens with one attached hydrogen (secondary N) is 3. The van der Waals surface area contributed by atoms with E-state index in [0.29, 0.717) is 13.0 Å². The molecule has 2 heterocycles. The first kappa shape index (κ1) is 18.9. The molecule has 6 nitrogen and oxygen atoms in total. The Labute approximate surface area is 159 Å². The minimum atomic E-state index is -0.374. The zero-order chi connectivity index (χ0) is 19.3. The summed E-state index contributed by atoms with van der Waals surface area (Å²) in [5.41, 5.74) is 3.58. The largest absolute Gasteiger partial charge is 0.375 e. The van der Waals surface area contributed by atoms with Crippen molar-refractivity contribution in [2.24, 2.45) is 0 Å². The molecule has 0 aliphatic heterocycles. The van der Waals surface area contributed by atoms with Crippen LogP contribution in [0.2, 0.25) is 0 Å². The summed E-state index contributed by atoms with van der Waals surface area (Å²) in [6.07, 6.45) is 8.46. The minimum Gasteiger partial charge on any atom is -0.375 e. The SMILES string of the molecule is COC(C)(C)/C=C/c1[nH]c2ccccc2c1CC(=O)NCCc1cnc[nH]1. The number of rotatable bonds is 8. The zero-order valence-corrected chi connectivity index (χ0v) is 16.0. The van der Waals surface area contributed by atoms with Gasteiger partial charge in [-0.25, -0.2) is 4.98 Å². The Morgan fingerprint density at radius 3 is 2.89 bits per heavy atom. The maximum atomic E-state index is 12.5. The van der Waals surface area contributed by atoms with Crippen molar-refractivity contribution in [2.75, 3.05) is 13.7 Å². The van der Waals surface area contributed by atoms with Gasteiger partial charge in [0.1, 0.15) is 0 Å². The van der Waals surface area contributed by atoms with Crippen LogP contribution in [-0.4, -0.2) is 40.1 Å². The average molecular weight is 366 g/mol.